The summed E-state index contributed by atoms with van der Waals surface area (Å²) in [7, 11) is 0. The van der Waals surface area contributed by atoms with Gasteiger partial charge >= 0.3 is 1.43 Å². The molecule has 0 aromatic heterocycles. The highest BCUT2D eigenvalue weighted by Crippen LogP contribution is 2.32. The Morgan fingerprint density at radius 2 is 0.750 bits per heavy atom. The van der Waals surface area contributed by atoms with E-state index in [0.717, 1.165) is 11.1 Å². The van der Waals surface area contributed by atoms with Crippen molar-refractivity contribution in [1.82, 2.24) is 0 Å². The van der Waals surface area contributed by atoms with Gasteiger partial charge in [-0.15, -0.1) is 0 Å². The number of benzene rings is 4. The molecule has 6 N–H and O–H groups in total. The molecule has 4 aromatic rings. The molecule has 0 aliphatic heterocycles. The zero-order valence-electron chi connectivity index (χ0n) is 22.1. The number of phenolic OH excluding ortho intramolecular Hbond substituents is 4. The van der Waals surface area contributed by atoms with E-state index in [9.17, 15) is 15.0 Å². The third-order valence-corrected chi connectivity index (χ3v) is 4.69. The van der Waals surface area contributed by atoms with E-state index in [1.165, 1.54) is 13.8 Å². The second-order valence-corrected chi connectivity index (χ2v) is 8.30. The zero-order chi connectivity index (χ0) is 26.3. The molecule has 4 aromatic carbocycles. The van der Waals surface area contributed by atoms with Gasteiger partial charge in [0.15, 0.2) is 0 Å². The van der Waals surface area contributed by atoms with Gasteiger partial charge in [-0.1, -0.05) is 74.5 Å². The van der Waals surface area contributed by atoms with Gasteiger partial charge in [-0.25, -0.2) is 0 Å². The molecule has 0 amide bonds. The highest BCUT2D eigenvalue weighted by Gasteiger charge is 2.22. The van der Waals surface area contributed by atoms with Crippen LogP contribution in [0, 0.1) is 0 Å². The van der Waals surface area contributed by atoms with E-state index >= 15 is 0 Å². The molecule has 0 unspecified atom stereocenters. The Kier molecular flexibility index (Phi) is 14.4. The number of phenols is 4. The monoisotopic (exact) mass is 493 g/mol. The second kappa shape index (κ2) is 16.4. The maximum Gasteiger partial charge on any atom is 1.00 e. The van der Waals surface area contributed by atoms with Gasteiger partial charge in [0.05, 0.1) is 0 Å². The van der Waals surface area contributed by atoms with Crippen LogP contribution >= 0.6 is 0 Å². The van der Waals surface area contributed by atoms with Gasteiger partial charge in [0, 0.05) is 5.41 Å². The molecule has 36 heavy (non-hydrogen) atoms. The van der Waals surface area contributed by atoms with E-state index < -0.39 is 0 Å². The lowest BCUT2D eigenvalue weighted by atomic mass is 9.78. The molecule has 0 radical (unpaired) electrons. The minimum Gasteiger partial charge on any atom is -0.508 e. The van der Waals surface area contributed by atoms with Gasteiger partial charge < -0.3 is 30.7 Å². The van der Waals surface area contributed by atoms with E-state index in [2.05, 4.69) is 13.8 Å². The fourth-order valence-electron chi connectivity index (χ4n) is 2.78. The summed E-state index contributed by atoms with van der Waals surface area (Å²) in [4.78, 5) is 9.44. The average molecular weight is 494 g/mol. The van der Waals surface area contributed by atoms with Crippen molar-refractivity contribution in [1.29, 1.82) is 0 Å². The highest BCUT2D eigenvalue weighted by atomic mass is 16.3. The quantitative estimate of drug-likeness (QED) is 0.268. The topological polar surface area (TPSA) is 129 Å². The Morgan fingerprint density at radius 1 is 0.528 bits per heavy atom. The number of para-hydroxylation sites is 2. The molecule has 0 bridgehead atoms. The Labute approximate surface area is 214 Å². The number of hydrogen-bond donors (Lipinski definition) is 4. The molecule has 0 atom stereocenters. The van der Waals surface area contributed by atoms with Crippen LogP contribution in [-0.2, 0) is 10.2 Å². The average Bonchev–Trinajstić information content (AvgIpc) is 2.81. The predicted molar refractivity (Wildman–Crippen MR) is 146 cm³/mol. The van der Waals surface area contributed by atoms with Gasteiger partial charge in [0.1, 0.15) is 28.8 Å². The lowest BCUT2D eigenvalue weighted by Gasteiger charge is -2.26. The first-order chi connectivity index (χ1) is 16.5. The number of carbonyl (C=O) groups excluding carboxylic acids is 1. The van der Waals surface area contributed by atoms with Gasteiger partial charge in [0.2, 0.25) is 0 Å². The van der Waals surface area contributed by atoms with Crippen LogP contribution in [0.15, 0.2) is 109 Å². The Hall–Kier alpha value is -4.29. The van der Waals surface area contributed by atoms with Crippen molar-refractivity contribution in [3.8, 4) is 23.0 Å². The van der Waals surface area contributed by atoms with Crippen molar-refractivity contribution in [3.63, 3.8) is 0 Å². The molecule has 0 heterocycles. The number of Topliss-reactive ketones (excluding diaryl/α,β-unsaturated/α-hetero) is 1. The smallest absolute Gasteiger partial charge is 0.508 e. The molecule has 0 aliphatic carbocycles. The summed E-state index contributed by atoms with van der Waals surface area (Å²) in [6, 6.07) is 31.9. The van der Waals surface area contributed by atoms with Crippen LogP contribution in [0.2, 0.25) is 0 Å². The predicted octanol–water partition coefficient (Wildman–Crippen LogP) is 6.09. The normalized spacial score (nSPS) is 9.44. The summed E-state index contributed by atoms with van der Waals surface area (Å²) in [6.07, 6.45) is 0. The summed E-state index contributed by atoms with van der Waals surface area (Å²) in [5.74, 6) is 1.36. The van der Waals surface area contributed by atoms with Crippen molar-refractivity contribution in [3.05, 3.63) is 120 Å². The molecule has 4 rings (SSSR count). The maximum absolute atomic E-state index is 9.44. The third-order valence-electron chi connectivity index (χ3n) is 4.69. The summed E-state index contributed by atoms with van der Waals surface area (Å²) in [5.41, 5.74) is 2.10. The summed E-state index contributed by atoms with van der Waals surface area (Å²) in [5, 5.41) is 35.9. The first kappa shape index (κ1) is 31.7. The van der Waals surface area contributed by atoms with Crippen molar-refractivity contribution in [2.24, 2.45) is 0 Å². The minimum absolute atomic E-state index is 0. The molecule has 6 heteroatoms. The molecule has 0 aliphatic rings. The van der Waals surface area contributed by atoms with Crippen molar-refractivity contribution >= 4 is 5.78 Å². The standard InChI is InChI=1S/C15H16O2.2C6H6O.C3H6O.H2O/c1-15(2,11-3-7-13(16)8-4-11)12-5-9-14(17)10-6-12;2*7-6-4-2-1-3-5-6;1-3(2)4;/h3-10,16-17H,1-2H3;2*1-5,7H;1-2H3;1H2/p+1. The molecule has 0 fully saturated rings. The summed E-state index contributed by atoms with van der Waals surface area (Å²) >= 11 is 0. The van der Waals surface area contributed by atoms with E-state index in [-0.39, 0.29) is 29.6 Å². The number of rotatable bonds is 2. The van der Waals surface area contributed by atoms with Gasteiger partial charge in [-0.3, -0.25) is 0 Å². The molecular formula is C30H37O6+. The van der Waals surface area contributed by atoms with Gasteiger partial charge in [-0.2, -0.15) is 0 Å². The molecule has 192 valence electrons. The molecule has 0 spiro atoms. The van der Waals surface area contributed by atoms with Crippen LogP contribution in [0.4, 0.5) is 0 Å². The van der Waals surface area contributed by atoms with E-state index in [1.54, 1.807) is 72.8 Å². The van der Waals surface area contributed by atoms with E-state index in [1.807, 2.05) is 36.4 Å². The molecule has 0 saturated carbocycles. The molecule has 0 saturated heterocycles. The van der Waals surface area contributed by atoms with Crippen LogP contribution in [0.3, 0.4) is 0 Å². The van der Waals surface area contributed by atoms with Crippen LogP contribution < -0.4 is 0 Å². The van der Waals surface area contributed by atoms with Crippen molar-refractivity contribution in [2.45, 2.75) is 33.1 Å². The van der Waals surface area contributed by atoms with Crippen molar-refractivity contribution < 1.29 is 32.1 Å². The van der Waals surface area contributed by atoms with E-state index in [4.69, 9.17) is 10.2 Å². The zero-order valence-corrected chi connectivity index (χ0v) is 21.1. The van der Waals surface area contributed by atoms with Crippen molar-refractivity contribution in [2.75, 3.05) is 0 Å². The lowest BCUT2D eigenvalue weighted by molar-refractivity contribution is -0.115. The SMILES string of the molecule is CC(C)(c1ccc(O)cc1)c1ccc(O)cc1.CC(C)=O.O.Oc1ccccc1.Oc1ccccc1.[H+]. The third kappa shape index (κ3) is 12.8. The lowest BCUT2D eigenvalue weighted by Crippen LogP contribution is -2.18. The Morgan fingerprint density at radius 3 is 0.944 bits per heavy atom. The van der Waals surface area contributed by atoms with E-state index in [0.29, 0.717) is 11.5 Å². The van der Waals surface area contributed by atoms with Gasteiger partial charge in [-0.05, 0) is 73.5 Å². The number of hydrogen-bond acceptors (Lipinski definition) is 5. The van der Waals surface area contributed by atoms with Crippen LogP contribution in [0.1, 0.15) is 40.2 Å². The number of ketones is 1. The molecular weight excluding hydrogens is 456 g/mol. The Bertz CT molecular complexity index is 1030. The fraction of sp³-hybridized carbons (Fsp3) is 0.167. The van der Waals surface area contributed by atoms with Crippen LogP contribution in [0.5, 0.6) is 23.0 Å². The molecule has 6 nitrogen and oxygen atoms in total. The number of aromatic hydroxyl groups is 4. The first-order valence-electron chi connectivity index (χ1n) is 11.1. The second-order valence-electron chi connectivity index (χ2n) is 8.30. The fourth-order valence-corrected chi connectivity index (χ4v) is 2.78. The largest absolute Gasteiger partial charge is 1.00 e. The van der Waals surface area contributed by atoms with Crippen LogP contribution in [0.25, 0.3) is 0 Å². The Balaban J connectivity index is 0. The summed E-state index contributed by atoms with van der Waals surface area (Å²) < 4.78 is 0. The number of carbonyl (C=O) groups is 1. The van der Waals surface area contributed by atoms with Gasteiger partial charge in [0.25, 0.3) is 0 Å². The summed E-state index contributed by atoms with van der Waals surface area (Å²) in [6.45, 7) is 7.29. The first-order valence-corrected chi connectivity index (χ1v) is 11.1. The highest BCUT2D eigenvalue weighted by molar-refractivity contribution is 5.72. The van der Waals surface area contributed by atoms with Crippen LogP contribution in [-0.4, -0.2) is 31.7 Å². The minimum atomic E-state index is -0.151. The maximum atomic E-state index is 9.44.